The molecule has 19 heavy (non-hydrogen) atoms. The van der Waals surface area contributed by atoms with Crippen molar-refractivity contribution in [1.82, 2.24) is 0 Å². The summed E-state index contributed by atoms with van der Waals surface area (Å²) in [4.78, 5) is 0. The fourth-order valence-electron chi connectivity index (χ4n) is 2.26. The lowest BCUT2D eigenvalue weighted by Gasteiger charge is -2.21. The van der Waals surface area contributed by atoms with E-state index >= 15 is 0 Å². The first-order valence-corrected chi connectivity index (χ1v) is 10.1. The second kappa shape index (κ2) is 6.17. The molecular formula is C17H23P2+. The van der Waals surface area contributed by atoms with Crippen molar-refractivity contribution in [1.29, 1.82) is 0 Å². The van der Waals surface area contributed by atoms with Gasteiger partial charge in [0.2, 0.25) is 0 Å². The van der Waals surface area contributed by atoms with Gasteiger partial charge in [-0.1, -0.05) is 56.8 Å². The predicted octanol–water partition coefficient (Wildman–Crippen LogP) is 4.61. The van der Waals surface area contributed by atoms with E-state index in [1.807, 2.05) is 0 Å². The van der Waals surface area contributed by atoms with Crippen LogP contribution in [-0.2, 0) is 6.16 Å². The van der Waals surface area contributed by atoms with Gasteiger partial charge in [-0.3, -0.25) is 0 Å². The third kappa shape index (κ3) is 3.65. The third-order valence-electron chi connectivity index (χ3n) is 3.71. The van der Waals surface area contributed by atoms with Crippen molar-refractivity contribution in [2.45, 2.75) is 20.0 Å². The maximum Gasteiger partial charge on any atom is 0.0943 e. The summed E-state index contributed by atoms with van der Waals surface area (Å²) in [7, 11) is 1.87. The first-order chi connectivity index (χ1) is 9.03. The summed E-state index contributed by atoms with van der Waals surface area (Å²) < 4.78 is 0. The van der Waals surface area contributed by atoms with Crippen molar-refractivity contribution in [3.05, 3.63) is 65.2 Å². The Hall–Kier alpha value is -0.700. The third-order valence-corrected chi connectivity index (χ3v) is 9.54. The predicted molar refractivity (Wildman–Crippen MR) is 93.1 cm³/mol. The zero-order chi connectivity index (χ0) is 13.9. The van der Waals surface area contributed by atoms with Gasteiger partial charge in [-0.15, -0.1) is 0 Å². The van der Waals surface area contributed by atoms with Crippen molar-refractivity contribution in [2.24, 2.45) is 0 Å². The van der Waals surface area contributed by atoms with Crippen LogP contribution in [0.3, 0.4) is 0 Å². The summed E-state index contributed by atoms with van der Waals surface area (Å²) in [6.45, 7) is 6.76. The molecule has 0 N–H and O–H groups in total. The molecule has 100 valence electrons. The van der Waals surface area contributed by atoms with Crippen LogP contribution in [0.1, 0.15) is 16.7 Å². The van der Waals surface area contributed by atoms with Gasteiger partial charge in [0.1, 0.15) is 0 Å². The van der Waals surface area contributed by atoms with Crippen molar-refractivity contribution < 1.29 is 0 Å². The normalized spacial score (nSPS) is 14.1. The molecule has 2 heteroatoms. The van der Waals surface area contributed by atoms with E-state index in [2.05, 4.69) is 78.3 Å². The number of benzene rings is 2. The van der Waals surface area contributed by atoms with Gasteiger partial charge >= 0.3 is 0 Å². The molecule has 0 nitrogen and oxygen atoms in total. The van der Waals surface area contributed by atoms with Gasteiger partial charge in [-0.25, -0.2) is 0 Å². The number of hydrogen-bond acceptors (Lipinski definition) is 0. The molecule has 0 radical (unpaired) electrons. The highest BCUT2D eigenvalue weighted by atomic mass is 31.2. The van der Waals surface area contributed by atoms with E-state index < -0.39 is 7.26 Å². The van der Waals surface area contributed by atoms with Crippen molar-refractivity contribution >= 4 is 21.8 Å². The van der Waals surface area contributed by atoms with Crippen LogP contribution in [0.25, 0.3) is 0 Å². The zero-order valence-corrected chi connectivity index (χ0v) is 14.1. The Bertz CT molecular complexity index is 528. The minimum atomic E-state index is -1.10. The highest BCUT2D eigenvalue weighted by Gasteiger charge is 2.32. The molecule has 2 aromatic carbocycles. The average molecular weight is 289 g/mol. The van der Waals surface area contributed by atoms with Gasteiger partial charge in [0.25, 0.3) is 0 Å². The van der Waals surface area contributed by atoms with Crippen LogP contribution in [0.4, 0.5) is 0 Å². The van der Waals surface area contributed by atoms with Crippen molar-refractivity contribution in [2.75, 3.05) is 12.6 Å². The summed E-state index contributed by atoms with van der Waals surface area (Å²) in [5.41, 5.74) is 4.14. The second-order valence-electron chi connectivity index (χ2n) is 5.56. The Morgan fingerprint density at radius 3 is 1.79 bits per heavy atom. The zero-order valence-electron chi connectivity index (χ0n) is 12.1. The molecule has 0 spiro atoms. The lowest BCUT2D eigenvalue weighted by atomic mass is 10.2. The van der Waals surface area contributed by atoms with Crippen LogP contribution >= 0.6 is 16.5 Å². The maximum atomic E-state index is 2.96. The number of hydrogen-bond donors (Lipinski definition) is 0. The fraction of sp³-hybridized carbons (Fsp3) is 0.294. The molecule has 0 bridgehead atoms. The van der Waals surface area contributed by atoms with Gasteiger partial charge in [0, 0.05) is 0 Å². The lowest BCUT2D eigenvalue weighted by Crippen LogP contribution is -2.13. The summed E-state index contributed by atoms with van der Waals surface area (Å²) in [5.74, 6) is 1.18. The molecule has 2 aromatic rings. The summed E-state index contributed by atoms with van der Waals surface area (Å²) in [6.07, 6.45) is 1.19. The monoisotopic (exact) mass is 289 g/mol. The SMILES string of the molecule is Cc1ccc(C[P+](C)(CP)c2ccc(C)cc2)cc1. The second-order valence-corrected chi connectivity index (χ2v) is 10.6. The van der Waals surface area contributed by atoms with Crippen LogP contribution in [0.5, 0.6) is 0 Å². The highest BCUT2D eigenvalue weighted by molar-refractivity contribution is 7.85. The first-order valence-electron chi connectivity index (χ1n) is 6.71. The molecule has 0 aromatic heterocycles. The van der Waals surface area contributed by atoms with Crippen LogP contribution in [-0.4, -0.2) is 12.6 Å². The van der Waals surface area contributed by atoms with Crippen LogP contribution in [0, 0.1) is 13.8 Å². The van der Waals surface area contributed by atoms with Crippen LogP contribution in [0.15, 0.2) is 48.5 Å². The van der Waals surface area contributed by atoms with E-state index in [1.54, 1.807) is 0 Å². The quantitative estimate of drug-likeness (QED) is 0.721. The molecule has 2 rings (SSSR count). The largest absolute Gasteiger partial charge is 0.0968 e. The van der Waals surface area contributed by atoms with Gasteiger partial charge in [-0.2, -0.15) is 0 Å². The van der Waals surface area contributed by atoms with E-state index in [0.29, 0.717) is 0 Å². The minimum absolute atomic E-state index is 1.10. The molecule has 0 aliphatic rings. The molecule has 0 saturated carbocycles. The van der Waals surface area contributed by atoms with Gasteiger partial charge in [-0.05, 0) is 31.5 Å². The highest BCUT2D eigenvalue weighted by Crippen LogP contribution is 2.58. The first kappa shape index (κ1) is 14.7. The van der Waals surface area contributed by atoms with E-state index in [-0.39, 0.29) is 0 Å². The summed E-state index contributed by atoms with van der Waals surface area (Å²) in [5, 5.41) is 1.54. The molecule has 0 aliphatic carbocycles. The molecule has 0 heterocycles. The van der Waals surface area contributed by atoms with Gasteiger partial charge in [0.15, 0.2) is 0 Å². The Kier molecular flexibility index (Phi) is 4.77. The van der Waals surface area contributed by atoms with Gasteiger partial charge < -0.3 is 0 Å². The van der Waals surface area contributed by atoms with Gasteiger partial charge in [0.05, 0.1) is 31.3 Å². The Balaban J connectivity index is 2.27. The average Bonchev–Trinajstić information content (AvgIpc) is 2.42. The lowest BCUT2D eigenvalue weighted by molar-refractivity contribution is 1.34. The molecule has 0 amide bonds. The van der Waals surface area contributed by atoms with Crippen molar-refractivity contribution in [3.8, 4) is 0 Å². The number of rotatable bonds is 4. The summed E-state index contributed by atoms with van der Waals surface area (Å²) in [6, 6.07) is 18.1. The van der Waals surface area contributed by atoms with E-state index in [1.165, 1.54) is 34.1 Å². The maximum absolute atomic E-state index is 2.96. The Morgan fingerprint density at radius 1 is 0.842 bits per heavy atom. The standard InChI is InChI=1S/C17H23P2/c1-14-4-8-16(9-5-14)12-19(3,13-18)17-10-6-15(2)7-11-17/h4-11H,12-13,18H2,1-3H3/q+1. The minimum Gasteiger partial charge on any atom is -0.0968 e. The Labute approximate surface area is 120 Å². The van der Waals surface area contributed by atoms with E-state index in [9.17, 15) is 0 Å². The molecular weight excluding hydrogens is 266 g/mol. The summed E-state index contributed by atoms with van der Waals surface area (Å²) >= 11 is 0. The molecule has 0 aliphatic heterocycles. The van der Waals surface area contributed by atoms with Crippen LogP contribution in [0.2, 0.25) is 0 Å². The number of aryl methyl sites for hydroxylation is 2. The Morgan fingerprint density at radius 2 is 1.32 bits per heavy atom. The molecule has 2 atom stereocenters. The van der Waals surface area contributed by atoms with E-state index in [0.717, 1.165) is 0 Å². The molecule has 2 unspecified atom stereocenters. The smallest absolute Gasteiger partial charge is 0.0943 e. The fourth-order valence-corrected chi connectivity index (χ4v) is 5.69. The molecule has 0 saturated heterocycles. The topological polar surface area (TPSA) is 0 Å². The molecule has 0 fully saturated rings. The van der Waals surface area contributed by atoms with Crippen molar-refractivity contribution in [3.63, 3.8) is 0 Å². The van der Waals surface area contributed by atoms with E-state index in [4.69, 9.17) is 0 Å². The van der Waals surface area contributed by atoms with Crippen LogP contribution < -0.4 is 5.30 Å².